The molecule has 0 radical (unpaired) electrons. The van der Waals surface area contributed by atoms with Gasteiger partial charge in [0.05, 0.1) is 12.0 Å². The molecule has 0 aromatic rings. The Hall–Kier alpha value is -1.02. The number of methoxy groups -OCH3 is 2. The molecule has 7 heteroatoms. The van der Waals surface area contributed by atoms with E-state index in [1.54, 1.807) is 21.1 Å². The molecule has 0 spiro atoms. The van der Waals surface area contributed by atoms with Gasteiger partial charge in [-0.15, -0.1) is 0 Å². The highest BCUT2D eigenvalue weighted by atomic mass is 28.4. The summed E-state index contributed by atoms with van der Waals surface area (Å²) >= 11 is 0. The molecule has 0 fully saturated rings. The molecule has 176 valence electrons. The Balaban J connectivity index is 4.70. The largest absolute Gasteiger partial charge is 0.409 e. The van der Waals surface area contributed by atoms with Crippen molar-refractivity contribution in [3.05, 3.63) is 12.2 Å². The molecule has 1 amide bonds. The van der Waals surface area contributed by atoms with Gasteiger partial charge in [0.15, 0.2) is 14.6 Å². The van der Waals surface area contributed by atoms with Gasteiger partial charge in [-0.1, -0.05) is 32.9 Å². The van der Waals surface area contributed by atoms with Gasteiger partial charge in [0.25, 0.3) is 0 Å². The zero-order valence-electron chi connectivity index (χ0n) is 20.7. The first-order valence-corrected chi connectivity index (χ1v) is 14.0. The average molecular weight is 444 g/mol. The number of amides is 1. The zero-order chi connectivity index (χ0) is 23.4. The second-order valence-electron chi connectivity index (χ2n) is 9.34. The quantitative estimate of drug-likeness (QED) is 0.129. The number of nitrogens with one attached hydrogen (secondary N) is 1. The predicted octanol–water partition coefficient (Wildman–Crippen LogP) is 4.84. The van der Waals surface area contributed by atoms with E-state index in [9.17, 15) is 9.59 Å². The zero-order valence-corrected chi connectivity index (χ0v) is 21.7. The van der Waals surface area contributed by atoms with Crippen molar-refractivity contribution in [3.8, 4) is 0 Å². The molecule has 0 aromatic heterocycles. The predicted molar refractivity (Wildman–Crippen MR) is 125 cm³/mol. The maximum Gasteiger partial charge on any atom is 0.230 e. The molecule has 30 heavy (non-hydrogen) atoms. The van der Waals surface area contributed by atoms with Crippen LogP contribution in [0.25, 0.3) is 0 Å². The highest BCUT2D eigenvalue weighted by Crippen LogP contribution is 2.38. The van der Waals surface area contributed by atoms with Crippen LogP contribution in [0.15, 0.2) is 12.2 Å². The van der Waals surface area contributed by atoms with Crippen LogP contribution in [0.2, 0.25) is 18.1 Å². The number of ether oxygens (including phenoxy) is 2. The lowest BCUT2D eigenvalue weighted by molar-refractivity contribution is -0.161. The van der Waals surface area contributed by atoms with Gasteiger partial charge in [0.2, 0.25) is 5.91 Å². The molecule has 0 aliphatic heterocycles. The molecule has 0 bridgehead atoms. The van der Waals surface area contributed by atoms with Crippen molar-refractivity contribution < 1.29 is 23.5 Å². The van der Waals surface area contributed by atoms with Gasteiger partial charge < -0.3 is 19.2 Å². The fraction of sp³-hybridized carbons (Fsp3) is 0.826. The second kappa shape index (κ2) is 14.1. The number of hydrogen-bond acceptors (Lipinski definition) is 5. The number of ketones is 1. The molecule has 0 saturated heterocycles. The summed E-state index contributed by atoms with van der Waals surface area (Å²) in [5.74, 6) is -0.869. The molecule has 2 unspecified atom stereocenters. The monoisotopic (exact) mass is 443 g/mol. The minimum atomic E-state index is -2.04. The van der Waals surface area contributed by atoms with Gasteiger partial charge in [-0.05, 0) is 57.7 Å². The molecule has 6 nitrogen and oxygen atoms in total. The lowest BCUT2D eigenvalue weighted by Crippen LogP contribution is -2.49. The van der Waals surface area contributed by atoms with Crippen molar-refractivity contribution in [2.24, 2.45) is 5.92 Å². The van der Waals surface area contributed by atoms with Crippen molar-refractivity contribution in [1.29, 1.82) is 0 Å². The second-order valence-corrected chi connectivity index (χ2v) is 14.1. The third kappa shape index (κ3) is 10.3. The van der Waals surface area contributed by atoms with E-state index < -0.39 is 20.5 Å². The Bertz CT molecular complexity index is 538. The van der Waals surface area contributed by atoms with Gasteiger partial charge in [0, 0.05) is 27.2 Å². The number of carbonyl (C=O) groups is 2. The molecule has 0 heterocycles. The molecule has 0 rings (SSSR count). The molecule has 2 atom stereocenters. The van der Waals surface area contributed by atoms with E-state index in [-0.39, 0.29) is 22.8 Å². The maximum absolute atomic E-state index is 12.4. The Morgan fingerprint density at radius 2 is 1.70 bits per heavy atom. The number of unbranched alkanes of at least 4 members (excludes halogenated alkanes) is 2. The van der Waals surface area contributed by atoms with Crippen LogP contribution in [0.5, 0.6) is 0 Å². The first-order valence-electron chi connectivity index (χ1n) is 11.1. The first-order chi connectivity index (χ1) is 13.9. The van der Waals surface area contributed by atoms with E-state index >= 15 is 0 Å². The third-order valence-corrected chi connectivity index (χ3v) is 10.4. The van der Waals surface area contributed by atoms with Crippen molar-refractivity contribution in [2.75, 3.05) is 20.8 Å². The Morgan fingerprint density at radius 3 is 2.20 bits per heavy atom. The topological polar surface area (TPSA) is 73.9 Å². The summed E-state index contributed by atoms with van der Waals surface area (Å²) < 4.78 is 17.4. The van der Waals surface area contributed by atoms with E-state index in [1.807, 2.05) is 13.0 Å². The van der Waals surface area contributed by atoms with Crippen molar-refractivity contribution >= 4 is 20.0 Å². The van der Waals surface area contributed by atoms with Gasteiger partial charge >= 0.3 is 0 Å². The Kier molecular flexibility index (Phi) is 13.6. The van der Waals surface area contributed by atoms with Gasteiger partial charge in [-0.2, -0.15) is 0 Å². The minimum absolute atomic E-state index is 0.00582. The fourth-order valence-corrected chi connectivity index (χ4v) is 4.13. The summed E-state index contributed by atoms with van der Waals surface area (Å²) in [4.78, 5) is 24.7. The number of Topliss-reactive ketones (excluding diaryl/α,β-unsaturated/α-hetero) is 1. The van der Waals surface area contributed by atoms with E-state index in [4.69, 9.17) is 13.9 Å². The van der Waals surface area contributed by atoms with E-state index in [2.05, 4.69) is 45.3 Å². The number of carbonyl (C=O) groups excluding carboxylic acids is 2. The molecule has 0 saturated carbocycles. The number of rotatable bonds is 15. The number of hydrogen-bond donors (Lipinski definition) is 1. The van der Waals surface area contributed by atoms with Crippen LogP contribution < -0.4 is 5.32 Å². The molecular weight excluding hydrogens is 398 g/mol. The van der Waals surface area contributed by atoms with Crippen molar-refractivity contribution in [3.63, 3.8) is 0 Å². The van der Waals surface area contributed by atoms with Crippen LogP contribution >= 0.6 is 0 Å². The first kappa shape index (κ1) is 29.0. The highest BCUT2D eigenvalue weighted by molar-refractivity contribution is 6.74. The van der Waals surface area contributed by atoms with Gasteiger partial charge in [-0.25, -0.2) is 0 Å². The van der Waals surface area contributed by atoms with Crippen molar-refractivity contribution in [2.45, 2.75) is 97.2 Å². The van der Waals surface area contributed by atoms with E-state index in [0.29, 0.717) is 19.4 Å². The molecule has 0 aromatic carbocycles. The lowest BCUT2D eigenvalue weighted by Gasteiger charge is -2.40. The van der Waals surface area contributed by atoms with Crippen LogP contribution in [0.3, 0.4) is 0 Å². The summed E-state index contributed by atoms with van der Waals surface area (Å²) in [5, 5.41) is 2.94. The lowest BCUT2D eigenvalue weighted by atomic mass is 10.00. The molecule has 0 aliphatic rings. The molecular formula is C23H45NO5Si. The SMILES string of the molecule is C/C=C/CCCCC(=O)C(C)C(=O)NCCC(O[Si](C)(C)C(C)(C)C)C(OC)OC. The Labute approximate surface area is 185 Å². The summed E-state index contributed by atoms with van der Waals surface area (Å²) in [7, 11) is 1.14. The van der Waals surface area contributed by atoms with Crippen LogP contribution in [-0.2, 0) is 23.5 Å². The van der Waals surface area contributed by atoms with Crippen LogP contribution in [-0.4, -0.2) is 53.2 Å². The van der Waals surface area contributed by atoms with Gasteiger partial charge in [0.1, 0.15) is 5.78 Å². The summed E-state index contributed by atoms with van der Waals surface area (Å²) in [6.07, 6.45) is 7.05. The van der Waals surface area contributed by atoms with Gasteiger partial charge in [-0.3, -0.25) is 9.59 Å². The normalized spacial score (nSPS) is 14.9. The minimum Gasteiger partial charge on any atom is -0.409 e. The summed E-state index contributed by atoms with van der Waals surface area (Å²) in [6, 6.07) is 0. The molecule has 1 N–H and O–H groups in total. The number of allylic oxidation sites excluding steroid dienone is 2. The van der Waals surface area contributed by atoms with E-state index in [0.717, 1.165) is 19.3 Å². The smallest absolute Gasteiger partial charge is 0.230 e. The average Bonchev–Trinajstić information content (AvgIpc) is 2.66. The fourth-order valence-electron chi connectivity index (χ4n) is 2.79. The molecule has 0 aliphatic carbocycles. The van der Waals surface area contributed by atoms with E-state index in [1.165, 1.54) is 0 Å². The summed E-state index contributed by atoms with van der Waals surface area (Å²) in [6.45, 7) is 15.0. The highest BCUT2D eigenvalue weighted by Gasteiger charge is 2.41. The summed E-state index contributed by atoms with van der Waals surface area (Å²) in [5.41, 5.74) is 0. The standard InChI is InChI=1S/C23H45NO5Si/c1-10-11-12-13-14-15-19(25)18(2)21(26)24-17-16-20(22(27-6)28-7)29-30(8,9)23(3,4)5/h10-11,18,20,22H,12-17H2,1-9H3,(H,24,26)/b11-10+. The van der Waals surface area contributed by atoms with Crippen LogP contribution in [0.4, 0.5) is 0 Å². The third-order valence-electron chi connectivity index (χ3n) is 5.90. The van der Waals surface area contributed by atoms with Crippen LogP contribution in [0, 0.1) is 5.92 Å². The maximum atomic E-state index is 12.4. The van der Waals surface area contributed by atoms with Crippen LogP contribution in [0.1, 0.15) is 66.7 Å². The van der Waals surface area contributed by atoms with Crippen molar-refractivity contribution in [1.82, 2.24) is 5.32 Å². The Morgan fingerprint density at radius 1 is 1.10 bits per heavy atom.